The lowest BCUT2D eigenvalue weighted by atomic mass is 9.89. The number of halogens is 2. The monoisotopic (exact) mass is 293 g/mol. The van der Waals surface area contributed by atoms with Crippen LogP contribution in [0.15, 0.2) is 0 Å². The third kappa shape index (κ3) is 4.94. The molecule has 0 spiro atoms. The molecule has 7 heteroatoms. The summed E-state index contributed by atoms with van der Waals surface area (Å²) in [7, 11) is 0. The molecule has 1 fully saturated rings. The maximum Gasteiger partial charge on any atom is 0.410 e. The van der Waals surface area contributed by atoms with Gasteiger partial charge in [-0.2, -0.15) is 0 Å². The zero-order chi connectivity index (χ0) is 15.6. The van der Waals surface area contributed by atoms with Crippen LogP contribution in [0.2, 0.25) is 0 Å². The van der Waals surface area contributed by atoms with Gasteiger partial charge >= 0.3 is 12.1 Å². The highest BCUT2D eigenvalue weighted by molar-refractivity contribution is 5.68. The SMILES string of the molecule is CC(C)(C)OC(=O)N1CCC(F)(F)C(CCC(=O)O)C1. The minimum atomic E-state index is -2.94. The van der Waals surface area contributed by atoms with E-state index in [4.69, 9.17) is 9.84 Å². The van der Waals surface area contributed by atoms with E-state index in [0.29, 0.717) is 0 Å². The second-order valence-corrected chi connectivity index (χ2v) is 6.07. The quantitative estimate of drug-likeness (QED) is 0.869. The molecule has 20 heavy (non-hydrogen) atoms. The summed E-state index contributed by atoms with van der Waals surface area (Å²) in [5.74, 6) is -5.19. The van der Waals surface area contributed by atoms with Crippen LogP contribution in [0.1, 0.15) is 40.0 Å². The number of carbonyl (C=O) groups excluding carboxylic acids is 1. The highest BCUT2D eigenvalue weighted by atomic mass is 19.3. The average Bonchev–Trinajstić information content (AvgIpc) is 2.24. The van der Waals surface area contributed by atoms with Crippen LogP contribution in [0.3, 0.4) is 0 Å². The Morgan fingerprint density at radius 1 is 1.40 bits per heavy atom. The molecule has 0 saturated carbocycles. The van der Waals surface area contributed by atoms with E-state index in [9.17, 15) is 18.4 Å². The summed E-state index contributed by atoms with van der Waals surface area (Å²) in [4.78, 5) is 23.6. The van der Waals surface area contributed by atoms with E-state index in [-0.39, 0.29) is 25.9 Å². The molecule has 0 aromatic rings. The Morgan fingerprint density at radius 2 is 2.00 bits per heavy atom. The minimum absolute atomic E-state index is 0.0779. The zero-order valence-corrected chi connectivity index (χ0v) is 12.0. The molecule has 0 radical (unpaired) electrons. The van der Waals surface area contributed by atoms with E-state index in [1.54, 1.807) is 20.8 Å². The summed E-state index contributed by atoms with van der Waals surface area (Å²) < 4.78 is 32.6. The number of piperidine rings is 1. The minimum Gasteiger partial charge on any atom is -0.481 e. The van der Waals surface area contributed by atoms with Gasteiger partial charge in [0.2, 0.25) is 0 Å². The zero-order valence-electron chi connectivity index (χ0n) is 12.0. The lowest BCUT2D eigenvalue weighted by molar-refractivity contribution is -0.139. The van der Waals surface area contributed by atoms with Crippen molar-refractivity contribution in [3.8, 4) is 0 Å². The summed E-state index contributed by atoms with van der Waals surface area (Å²) in [6.45, 7) is 4.85. The van der Waals surface area contributed by atoms with E-state index in [0.717, 1.165) is 0 Å². The molecule has 116 valence electrons. The predicted octanol–water partition coefficient (Wildman–Crippen LogP) is 2.74. The van der Waals surface area contributed by atoms with Gasteiger partial charge in [0.25, 0.3) is 5.92 Å². The molecule has 1 rings (SSSR count). The highest BCUT2D eigenvalue weighted by Crippen LogP contribution is 2.36. The third-order valence-corrected chi connectivity index (χ3v) is 3.11. The van der Waals surface area contributed by atoms with Crippen molar-refractivity contribution in [2.45, 2.75) is 51.6 Å². The standard InChI is InChI=1S/C13H21F2NO4/c1-12(2,3)20-11(19)16-7-6-13(14,15)9(8-16)4-5-10(17)18/h9H,4-8H2,1-3H3,(H,17,18). The molecular formula is C13H21F2NO4. The normalized spacial score (nSPS) is 22.4. The van der Waals surface area contributed by atoms with Crippen LogP contribution in [0.4, 0.5) is 13.6 Å². The second kappa shape index (κ2) is 5.93. The van der Waals surface area contributed by atoms with Crippen molar-refractivity contribution in [1.82, 2.24) is 4.90 Å². The molecule has 5 nitrogen and oxygen atoms in total. The van der Waals surface area contributed by atoms with E-state index >= 15 is 0 Å². The topological polar surface area (TPSA) is 66.8 Å². The number of nitrogens with zero attached hydrogens (tertiary/aromatic N) is 1. The number of carbonyl (C=O) groups is 2. The first-order valence-corrected chi connectivity index (χ1v) is 6.59. The lowest BCUT2D eigenvalue weighted by Crippen LogP contribution is -2.50. The molecule has 0 aromatic carbocycles. The maximum absolute atomic E-state index is 13.7. The number of aliphatic carboxylic acids is 1. The van der Waals surface area contributed by atoms with Crippen molar-refractivity contribution >= 4 is 12.1 Å². The Kier molecular flexibility index (Phi) is 4.94. The number of amides is 1. The number of carboxylic acid groups (broad SMARTS) is 1. The van der Waals surface area contributed by atoms with Gasteiger partial charge in [-0.05, 0) is 27.2 Å². The lowest BCUT2D eigenvalue weighted by Gasteiger charge is -2.38. The summed E-state index contributed by atoms with van der Waals surface area (Å²) in [5, 5.41) is 8.59. The predicted molar refractivity (Wildman–Crippen MR) is 67.7 cm³/mol. The van der Waals surface area contributed by atoms with Crippen LogP contribution in [-0.4, -0.2) is 46.7 Å². The van der Waals surface area contributed by atoms with E-state index < -0.39 is 35.9 Å². The summed E-state index contributed by atoms with van der Waals surface area (Å²) in [6.07, 6.45) is -1.58. The number of hydrogen-bond donors (Lipinski definition) is 1. The molecule has 0 aromatic heterocycles. The Morgan fingerprint density at radius 3 is 2.50 bits per heavy atom. The Bertz CT molecular complexity index is 379. The van der Waals surface area contributed by atoms with Gasteiger partial charge < -0.3 is 14.7 Å². The van der Waals surface area contributed by atoms with Crippen LogP contribution >= 0.6 is 0 Å². The molecule has 0 aliphatic carbocycles. The smallest absolute Gasteiger partial charge is 0.410 e. The van der Waals surface area contributed by atoms with E-state index in [1.165, 1.54) is 4.90 Å². The van der Waals surface area contributed by atoms with Crippen molar-refractivity contribution < 1.29 is 28.2 Å². The van der Waals surface area contributed by atoms with Crippen molar-refractivity contribution in [2.75, 3.05) is 13.1 Å². The van der Waals surface area contributed by atoms with Gasteiger partial charge in [0.15, 0.2) is 0 Å². The third-order valence-electron chi connectivity index (χ3n) is 3.11. The Hall–Kier alpha value is -1.40. The molecule has 1 N–H and O–H groups in total. The van der Waals surface area contributed by atoms with Crippen molar-refractivity contribution in [1.29, 1.82) is 0 Å². The molecule has 1 aliphatic heterocycles. The van der Waals surface area contributed by atoms with Crippen molar-refractivity contribution in [3.63, 3.8) is 0 Å². The summed E-state index contributed by atoms with van der Waals surface area (Å²) in [6, 6.07) is 0. The molecule has 0 bridgehead atoms. The molecular weight excluding hydrogens is 272 g/mol. The number of carboxylic acids is 1. The van der Waals surface area contributed by atoms with Gasteiger partial charge in [-0.3, -0.25) is 4.79 Å². The molecule has 1 heterocycles. The van der Waals surface area contributed by atoms with Crippen LogP contribution in [0, 0.1) is 5.92 Å². The van der Waals surface area contributed by atoms with Gasteiger partial charge in [0.1, 0.15) is 5.60 Å². The number of likely N-dealkylation sites (tertiary alicyclic amines) is 1. The Balaban J connectivity index is 2.65. The van der Waals surface area contributed by atoms with Crippen molar-refractivity contribution in [2.24, 2.45) is 5.92 Å². The summed E-state index contributed by atoms with van der Waals surface area (Å²) >= 11 is 0. The van der Waals surface area contributed by atoms with Crippen molar-refractivity contribution in [3.05, 3.63) is 0 Å². The number of ether oxygens (including phenoxy) is 1. The van der Waals surface area contributed by atoms with E-state index in [1.807, 2.05) is 0 Å². The first-order chi connectivity index (χ1) is 9.01. The number of rotatable bonds is 3. The second-order valence-electron chi connectivity index (χ2n) is 6.07. The van der Waals surface area contributed by atoms with Crippen LogP contribution < -0.4 is 0 Å². The van der Waals surface area contributed by atoms with Gasteiger partial charge in [-0.25, -0.2) is 13.6 Å². The maximum atomic E-state index is 13.7. The largest absolute Gasteiger partial charge is 0.481 e. The van der Waals surface area contributed by atoms with Gasteiger partial charge in [0.05, 0.1) is 0 Å². The molecule has 1 amide bonds. The highest BCUT2D eigenvalue weighted by Gasteiger charge is 2.45. The number of alkyl halides is 2. The van der Waals surface area contributed by atoms with Gasteiger partial charge in [0, 0.05) is 31.8 Å². The average molecular weight is 293 g/mol. The summed E-state index contributed by atoms with van der Waals surface area (Å²) in [5.41, 5.74) is -0.687. The van der Waals surface area contributed by atoms with Crippen LogP contribution in [0.25, 0.3) is 0 Å². The fourth-order valence-corrected chi connectivity index (χ4v) is 2.07. The Labute approximate surface area is 116 Å². The van der Waals surface area contributed by atoms with E-state index in [2.05, 4.69) is 0 Å². The first kappa shape index (κ1) is 16.7. The fraction of sp³-hybridized carbons (Fsp3) is 0.846. The first-order valence-electron chi connectivity index (χ1n) is 6.59. The molecule has 1 atom stereocenters. The fourth-order valence-electron chi connectivity index (χ4n) is 2.07. The van der Waals surface area contributed by atoms with Crippen LogP contribution in [0.5, 0.6) is 0 Å². The molecule has 1 unspecified atom stereocenters. The van der Waals surface area contributed by atoms with Crippen LogP contribution in [-0.2, 0) is 9.53 Å². The number of hydrogen-bond acceptors (Lipinski definition) is 3. The molecule has 1 aliphatic rings. The van der Waals surface area contributed by atoms with Gasteiger partial charge in [-0.1, -0.05) is 0 Å². The van der Waals surface area contributed by atoms with Gasteiger partial charge in [-0.15, -0.1) is 0 Å². The molecule has 1 saturated heterocycles.